The molecule has 38 heavy (non-hydrogen) atoms. The summed E-state index contributed by atoms with van der Waals surface area (Å²) in [5.41, 5.74) is 4.32. The Balaban J connectivity index is 1.55. The second-order valence-electron chi connectivity index (χ2n) is 9.94. The van der Waals surface area contributed by atoms with Gasteiger partial charge < -0.3 is 31.7 Å². The van der Waals surface area contributed by atoms with Crippen molar-refractivity contribution in [2.75, 3.05) is 29.0 Å². The van der Waals surface area contributed by atoms with Crippen LogP contribution in [-0.4, -0.2) is 52.3 Å². The topological polar surface area (TPSA) is 177 Å². The van der Waals surface area contributed by atoms with Crippen LogP contribution in [0.4, 0.5) is 23.1 Å². The molecule has 204 valence electrons. The van der Waals surface area contributed by atoms with Crippen LogP contribution in [0.3, 0.4) is 0 Å². The summed E-state index contributed by atoms with van der Waals surface area (Å²) in [7, 11) is 0. The minimum Gasteiger partial charge on any atom is -0.459 e. The lowest BCUT2D eigenvalue weighted by molar-refractivity contribution is -0.147. The Bertz CT molecular complexity index is 1230. The van der Waals surface area contributed by atoms with E-state index in [1.54, 1.807) is 44.3 Å². The molecule has 6 N–H and O–H groups in total. The molecule has 0 aliphatic carbocycles. The van der Waals surface area contributed by atoms with Crippen molar-refractivity contribution in [3.8, 4) is 0 Å². The molecule has 3 rings (SSSR count). The zero-order chi connectivity index (χ0) is 28.1. The van der Waals surface area contributed by atoms with Crippen LogP contribution in [0.5, 0.6) is 0 Å². The van der Waals surface area contributed by atoms with Gasteiger partial charge in [0.2, 0.25) is 23.7 Å². The van der Waals surface area contributed by atoms with E-state index in [4.69, 9.17) is 10.5 Å². The maximum absolute atomic E-state index is 12.7. The van der Waals surface area contributed by atoms with Gasteiger partial charge >= 0.3 is 5.97 Å². The first-order valence-electron chi connectivity index (χ1n) is 12.0. The van der Waals surface area contributed by atoms with Crippen LogP contribution in [0, 0.1) is 11.3 Å². The summed E-state index contributed by atoms with van der Waals surface area (Å²) in [5, 5.41) is 11.8. The first-order valence-corrected chi connectivity index (χ1v) is 12.8. The molecule has 0 spiro atoms. The number of aromatic nitrogens is 2. The predicted molar refractivity (Wildman–Crippen MR) is 145 cm³/mol. The molecule has 1 aromatic carbocycles. The number of ether oxygens (including phenoxy) is 1. The highest BCUT2D eigenvalue weighted by atomic mass is 79.9. The van der Waals surface area contributed by atoms with Gasteiger partial charge in [-0.3, -0.25) is 19.2 Å². The van der Waals surface area contributed by atoms with Crippen LogP contribution >= 0.6 is 15.9 Å². The van der Waals surface area contributed by atoms with Crippen molar-refractivity contribution in [2.45, 2.75) is 46.1 Å². The third kappa shape index (κ3) is 7.18. The third-order valence-corrected chi connectivity index (χ3v) is 6.73. The Hall–Kier alpha value is -3.74. The summed E-state index contributed by atoms with van der Waals surface area (Å²) >= 11 is 3.42. The quantitative estimate of drug-likeness (QED) is 0.150. The summed E-state index contributed by atoms with van der Waals surface area (Å²) < 4.78 is 5.90. The molecule has 2 aromatic rings. The molecule has 1 saturated heterocycles. The van der Waals surface area contributed by atoms with E-state index < -0.39 is 28.7 Å². The molecule has 1 aliphatic heterocycles. The standard InChI is InChI=1S/C25H32BrN7O5/c1-24(2,21(27)36)22(37)29-10-6-9-28-19-17(26)13-30-23(33-19)32-15-8-5-7-14(11-15)31-20(35)16-12-18(34)38-25(16,3)4/h5,7-8,11,13,16H,6,9-10,12H2,1-4H3,(H2,27,36)(H,29,37)(H,31,35)(H2,28,30,32,33). The minimum atomic E-state index is -1.27. The lowest BCUT2D eigenvalue weighted by Gasteiger charge is -2.23. The van der Waals surface area contributed by atoms with Crippen molar-refractivity contribution in [2.24, 2.45) is 17.1 Å². The van der Waals surface area contributed by atoms with Crippen LogP contribution in [0.2, 0.25) is 0 Å². The van der Waals surface area contributed by atoms with Gasteiger partial charge in [-0.15, -0.1) is 0 Å². The maximum atomic E-state index is 12.7. The molecular formula is C25H32BrN7O5. The number of nitrogens with one attached hydrogen (secondary N) is 4. The Morgan fingerprint density at radius 2 is 1.92 bits per heavy atom. The molecular weight excluding hydrogens is 558 g/mol. The number of amides is 3. The van der Waals surface area contributed by atoms with Crippen molar-refractivity contribution in [1.82, 2.24) is 15.3 Å². The second-order valence-corrected chi connectivity index (χ2v) is 10.8. The maximum Gasteiger partial charge on any atom is 0.307 e. The first-order chi connectivity index (χ1) is 17.8. The number of halogens is 1. The highest BCUT2D eigenvalue weighted by Gasteiger charge is 2.46. The van der Waals surface area contributed by atoms with Crippen LogP contribution in [0.15, 0.2) is 34.9 Å². The number of benzene rings is 1. The zero-order valence-electron chi connectivity index (χ0n) is 21.7. The Labute approximate surface area is 229 Å². The molecule has 1 atom stereocenters. The zero-order valence-corrected chi connectivity index (χ0v) is 23.3. The van der Waals surface area contributed by atoms with E-state index in [1.807, 2.05) is 0 Å². The number of nitrogens with two attached hydrogens (primary N) is 1. The van der Waals surface area contributed by atoms with E-state index in [-0.39, 0.29) is 18.3 Å². The smallest absolute Gasteiger partial charge is 0.307 e. The lowest BCUT2D eigenvalue weighted by Crippen LogP contribution is -2.46. The van der Waals surface area contributed by atoms with Gasteiger partial charge in [-0.1, -0.05) is 6.07 Å². The number of nitrogens with zero attached hydrogens (tertiary/aromatic N) is 2. The molecule has 13 heteroatoms. The van der Waals surface area contributed by atoms with Crippen LogP contribution < -0.4 is 27.0 Å². The van der Waals surface area contributed by atoms with Gasteiger partial charge in [0.1, 0.15) is 16.8 Å². The fraction of sp³-hybridized carbons (Fsp3) is 0.440. The molecule has 1 aliphatic rings. The number of cyclic esters (lactones) is 1. The summed E-state index contributed by atoms with van der Waals surface area (Å²) in [6, 6.07) is 7.05. The largest absolute Gasteiger partial charge is 0.459 e. The summed E-state index contributed by atoms with van der Waals surface area (Å²) in [5.74, 6) is -1.51. The first kappa shape index (κ1) is 28.8. The van der Waals surface area contributed by atoms with Gasteiger partial charge in [0, 0.05) is 30.7 Å². The SMILES string of the molecule is CC(C)(C(N)=O)C(=O)NCCCNc1nc(Nc2cccc(NC(=O)C3CC(=O)OC3(C)C)c2)ncc1Br. The van der Waals surface area contributed by atoms with E-state index >= 15 is 0 Å². The monoisotopic (exact) mass is 589 g/mol. The van der Waals surface area contributed by atoms with Gasteiger partial charge in [-0.05, 0) is 68.2 Å². The van der Waals surface area contributed by atoms with Crippen LogP contribution in [0.25, 0.3) is 0 Å². The molecule has 3 amide bonds. The molecule has 0 radical (unpaired) electrons. The molecule has 2 heterocycles. The molecule has 1 fully saturated rings. The van der Waals surface area contributed by atoms with Crippen LogP contribution in [0.1, 0.15) is 40.5 Å². The van der Waals surface area contributed by atoms with E-state index in [0.717, 1.165) is 0 Å². The molecule has 1 aromatic heterocycles. The molecule has 1 unspecified atom stereocenters. The number of carbonyl (C=O) groups is 4. The van der Waals surface area contributed by atoms with Gasteiger partial charge in [0.25, 0.3) is 0 Å². The highest BCUT2D eigenvalue weighted by Crippen LogP contribution is 2.33. The Morgan fingerprint density at radius 3 is 2.58 bits per heavy atom. The average molecular weight is 590 g/mol. The molecule has 12 nitrogen and oxygen atoms in total. The van der Waals surface area contributed by atoms with Gasteiger partial charge in [-0.25, -0.2) is 4.98 Å². The van der Waals surface area contributed by atoms with Crippen molar-refractivity contribution in [1.29, 1.82) is 0 Å². The van der Waals surface area contributed by atoms with E-state index in [2.05, 4.69) is 47.2 Å². The number of primary amides is 1. The van der Waals surface area contributed by atoms with Gasteiger partial charge in [0.15, 0.2) is 0 Å². The number of hydrogen-bond acceptors (Lipinski definition) is 9. The fourth-order valence-corrected chi connectivity index (χ4v) is 3.97. The molecule has 0 saturated carbocycles. The van der Waals surface area contributed by atoms with Crippen molar-refractivity contribution in [3.63, 3.8) is 0 Å². The predicted octanol–water partition coefficient (Wildman–Crippen LogP) is 2.69. The Morgan fingerprint density at radius 1 is 1.21 bits per heavy atom. The average Bonchev–Trinajstić information content (AvgIpc) is 3.12. The van der Waals surface area contributed by atoms with Crippen LogP contribution in [-0.2, 0) is 23.9 Å². The highest BCUT2D eigenvalue weighted by molar-refractivity contribution is 9.10. The number of carbonyl (C=O) groups excluding carboxylic acids is 4. The fourth-order valence-electron chi connectivity index (χ4n) is 3.64. The minimum absolute atomic E-state index is 0.0387. The number of esters is 1. The van der Waals surface area contributed by atoms with Gasteiger partial charge in [0.05, 0.1) is 16.8 Å². The summed E-state index contributed by atoms with van der Waals surface area (Å²) in [6.45, 7) is 7.25. The summed E-state index contributed by atoms with van der Waals surface area (Å²) in [4.78, 5) is 56.6. The Kier molecular flexibility index (Phi) is 8.92. The van der Waals surface area contributed by atoms with Gasteiger partial charge in [-0.2, -0.15) is 4.98 Å². The normalized spacial score (nSPS) is 16.3. The number of hydrogen-bond donors (Lipinski definition) is 5. The van der Waals surface area contributed by atoms with Crippen molar-refractivity contribution >= 4 is 62.8 Å². The van der Waals surface area contributed by atoms with Crippen molar-refractivity contribution < 1.29 is 23.9 Å². The molecule has 0 bridgehead atoms. The second kappa shape index (κ2) is 11.8. The van der Waals surface area contributed by atoms with E-state index in [0.29, 0.717) is 47.1 Å². The number of rotatable bonds is 11. The number of anilines is 4. The van der Waals surface area contributed by atoms with E-state index in [1.165, 1.54) is 13.8 Å². The van der Waals surface area contributed by atoms with E-state index in [9.17, 15) is 19.2 Å². The lowest BCUT2D eigenvalue weighted by atomic mass is 9.90. The third-order valence-electron chi connectivity index (χ3n) is 6.15. The summed E-state index contributed by atoms with van der Waals surface area (Å²) in [6.07, 6.45) is 2.21. The van der Waals surface area contributed by atoms with Crippen molar-refractivity contribution in [3.05, 3.63) is 34.9 Å².